The smallest absolute Gasteiger partial charge is 0.405 e. The topological polar surface area (TPSA) is 89.2 Å². The normalized spacial score (nSPS) is 14.0. The molecule has 0 fully saturated rings. The monoisotopic (exact) mass is 357 g/mol. The number of hydrogen-bond acceptors (Lipinski definition) is 2. The fourth-order valence-corrected chi connectivity index (χ4v) is 1.73. The fourth-order valence-electron chi connectivity index (χ4n) is 1.73. The third-order valence-corrected chi connectivity index (χ3v) is 3.44. The van der Waals surface area contributed by atoms with Gasteiger partial charge in [0.15, 0.2) is 5.96 Å². The molecule has 25 heavy (non-hydrogen) atoms. The lowest BCUT2D eigenvalue weighted by atomic mass is 10.1. The standard InChI is InChI=1S/C16H22F3N5O/c1-4-11(2)8-9-24(3)15(21)23-14(20)22-12-6-5-7-13(10-12)25-16(17,18)19/h7,10-11H,4,8-9H2,1-3H3,(H4,20,21,22,23). The first-order valence-corrected chi connectivity index (χ1v) is 7.69. The summed E-state index contributed by atoms with van der Waals surface area (Å²) in [4.78, 5) is 9.51. The number of aliphatic imine (C=N–C) groups is 2. The Kier molecular flexibility index (Phi) is 7.36. The molecule has 0 amide bonds. The van der Waals surface area contributed by atoms with Crippen LogP contribution in [-0.2, 0) is 0 Å². The number of hydrogen-bond donors (Lipinski definition) is 2. The molecule has 4 N–H and O–H groups in total. The Morgan fingerprint density at radius 2 is 2.08 bits per heavy atom. The van der Waals surface area contributed by atoms with Gasteiger partial charge in [0.2, 0.25) is 5.96 Å². The lowest BCUT2D eigenvalue weighted by molar-refractivity contribution is -0.274. The van der Waals surface area contributed by atoms with E-state index < -0.39 is 12.1 Å². The highest BCUT2D eigenvalue weighted by Crippen LogP contribution is 2.24. The lowest BCUT2D eigenvalue weighted by Gasteiger charge is -2.19. The molecule has 1 aromatic rings. The zero-order valence-electron chi connectivity index (χ0n) is 14.4. The van der Waals surface area contributed by atoms with Crippen molar-refractivity contribution in [2.75, 3.05) is 13.6 Å². The van der Waals surface area contributed by atoms with Gasteiger partial charge >= 0.3 is 6.36 Å². The van der Waals surface area contributed by atoms with Gasteiger partial charge in [-0.3, -0.25) is 0 Å². The van der Waals surface area contributed by atoms with Gasteiger partial charge in [0, 0.05) is 25.7 Å². The molecular formula is C16H22F3N5O. The van der Waals surface area contributed by atoms with Crippen LogP contribution in [0, 0.1) is 18.1 Å². The number of guanidine groups is 2. The summed E-state index contributed by atoms with van der Waals surface area (Å²) in [5.41, 5.74) is 11.5. The molecule has 1 unspecified atom stereocenters. The van der Waals surface area contributed by atoms with E-state index in [1.54, 1.807) is 11.9 Å². The highest BCUT2D eigenvalue weighted by molar-refractivity contribution is 5.94. The van der Waals surface area contributed by atoms with Crippen LogP contribution >= 0.6 is 0 Å². The van der Waals surface area contributed by atoms with Crippen LogP contribution in [0.3, 0.4) is 0 Å². The second kappa shape index (κ2) is 9.01. The minimum absolute atomic E-state index is 0.00180. The van der Waals surface area contributed by atoms with Gasteiger partial charge in [0.1, 0.15) is 11.4 Å². The molecular weight excluding hydrogens is 335 g/mol. The molecule has 1 rings (SSSR count). The van der Waals surface area contributed by atoms with Gasteiger partial charge in [-0.15, -0.1) is 13.2 Å². The molecule has 6 nitrogen and oxygen atoms in total. The Hall–Kier alpha value is -2.63. The number of nitrogens with two attached hydrogens (primary N) is 2. The zero-order valence-corrected chi connectivity index (χ0v) is 14.4. The van der Waals surface area contributed by atoms with Gasteiger partial charge in [-0.05, 0) is 18.4 Å². The van der Waals surface area contributed by atoms with Crippen molar-refractivity contribution in [3.8, 4) is 5.75 Å². The van der Waals surface area contributed by atoms with Crippen molar-refractivity contribution in [1.82, 2.24) is 4.90 Å². The summed E-state index contributed by atoms with van der Waals surface area (Å²) in [6.45, 7) is 4.95. The Morgan fingerprint density at radius 3 is 2.68 bits per heavy atom. The third-order valence-electron chi connectivity index (χ3n) is 3.44. The Labute approximate surface area is 145 Å². The second-order valence-electron chi connectivity index (χ2n) is 5.56. The van der Waals surface area contributed by atoms with Crippen molar-refractivity contribution in [3.05, 3.63) is 24.3 Å². The molecule has 1 aromatic carbocycles. The summed E-state index contributed by atoms with van der Waals surface area (Å²) in [6, 6.07) is 6.89. The van der Waals surface area contributed by atoms with E-state index in [9.17, 15) is 13.2 Å². The molecule has 0 spiro atoms. The fraction of sp³-hybridized carbons (Fsp3) is 0.500. The van der Waals surface area contributed by atoms with E-state index in [4.69, 9.17) is 11.5 Å². The van der Waals surface area contributed by atoms with Gasteiger partial charge in [-0.25, -0.2) is 4.99 Å². The van der Waals surface area contributed by atoms with E-state index in [2.05, 4.69) is 40.7 Å². The number of rotatable bonds is 6. The van der Waals surface area contributed by atoms with Crippen LogP contribution in [0.4, 0.5) is 18.9 Å². The Morgan fingerprint density at radius 1 is 1.40 bits per heavy atom. The van der Waals surface area contributed by atoms with Crippen LogP contribution in [-0.4, -0.2) is 36.8 Å². The predicted molar refractivity (Wildman–Crippen MR) is 90.4 cm³/mol. The van der Waals surface area contributed by atoms with E-state index in [0.717, 1.165) is 25.0 Å². The molecule has 0 saturated carbocycles. The lowest BCUT2D eigenvalue weighted by Crippen LogP contribution is -2.36. The first kappa shape index (κ1) is 20.4. The molecule has 0 aromatic heterocycles. The number of halogens is 3. The molecule has 138 valence electrons. The summed E-state index contributed by atoms with van der Waals surface area (Å²) in [7, 11) is 1.77. The van der Waals surface area contributed by atoms with Crippen LogP contribution in [0.5, 0.6) is 5.75 Å². The predicted octanol–water partition coefficient (Wildman–Crippen LogP) is 2.81. The van der Waals surface area contributed by atoms with E-state index >= 15 is 0 Å². The maximum absolute atomic E-state index is 12.2. The number of nitrogens with zero attached hydrogens (tertiary/aromatic N) is 3. The maximum atomic E-state index is 12.2. The first-order valence-electron chi connectivity index (χ1n) is 7.69. The number of ether oxygens (including phenoxy) is 1. The summed E-state index contributed by atoms with van der Waals surface area (Å²) in [5, 5.41) is 0. The average molecular weight is 357 g/mol. The van der Waals surface area contributed by atoms with Crippen molar-refractivity contribution in [2.45, 2.75) is 33.1 Å². The van der Waals surface area contributed by atoms with Gasteiger partial charge in [0.25, 0.3) is 0 Å². The van der Waals surface area contributed by atoms with Crippen LogP contribution in [0.1, 0.15) is 26.7 Å². The molecule has 0 aliphatic rings. The van der Waals surface area contributed by atoms with E-state index in [-0.39, 0.29) is 17.6 Å². The highest BCUT2D eigenvalue weighted by atomic mass is 19.4. The molecule has 0 radical (unpaired) electrons. The van der Waals surface area contributed by atoms with E-state index in [1.165, 1.54) is 0 Å². The quantitative estimate of drug-likeness (QED) is 0.605. The molecule has 0 aliphatic heterocycles. The van der Waals surface area contributed by atoms with Gasteiger partial charge in [-0.2, -0.15) is 4.99 Å². The summed E-state index contributed by atoms with van der Waals surface area (Å²) >= 11 is 0. The van der Waals surface area contributed by atoms with Crippen molar-refractivity contribution >= 4 is 17.6 Å². The Balaban J connectivity index is 2.78. The molecule has 0 heterocycles. The molecule has 0 bridgehead atoms. The number of alkyl halides is 3. The van der Waals surface area contributed by atoms with Crippen LogP contribution in [0.2, 0.25) is 0 Å². The van der Waals surface area contributed by atoms with Crippen molar-refractivity contribution < 1.29 is 17.9 Å². The van der Waals surface area contributed by atoms with Gasteiger partial charge < -0.3 is 21.1 Å². The summed E-state index contributed by atoms with van der Waals surface area (Å²) in [6.07, 6.45) is -2.79. The first-order chi connectivity index (χ1) is 11.6. The molecule has 9 heteroatoms. The Bertz CT molecular complexity index is 616. The second-order valence-corrected chi connectivity index (χ2v) is 5.56. The minimum atomic E-state index is -4.80. The SMILES string of the molecule is CCC(C)CCN(C)C(N)=NC(N)=Nc1c#ccc(OC(F)(F)F)c1. The summed E-state index contributed by atoms with van der Waals surface area (Å²) < 4.78 is 40.4. The molecule has 0 saturated heterocycles. The van der Waals surface area contributed by atoms with Crippen molar-refractivity contribution in [1.29, 1.82) is 0 Å². The van der Waals surface area contributed by atoms with E-state index in [0.29, 0.717) is 12.5 Å². The van der Waals surface area contributed by atoms with Crippen LogP contribution < -0.4 is 16.2 Å². The average Bonchev–Trinajstić information content (AvgIpc) is 2.50. The maximum Gasteiger partial charge on any atom is 0.573 e. The minimum Gasteiger partial charge on any atom is -0.405 e. The largest absolute Gasteiger partial charge is 0.573 e. The van der Waals surface area contributed by atoms with E-state index in [1.807, 2.05) is 0 Å². The molecule has 0 aliphatic carbocycles. The van der Waals surface area contributed by atoms with Crippen LogP contribution in [0.25, 0.3) is 0 Å². The highest BCUT2D eigenvalue weighted by Gasteiger charge is 2.31. The van der Waals surface area contributed by atoms with Gasteiger partial charge in [-0.1, -0.05) is 26.3 Å². The van der Waals surface area contributed by atoms with Crippen molar-refractivity contribution in [3.63, 3.8) is 0 Å². The summed E-state index contributed by atoms with van der Waals surface area (Å²) in [5.74, 6) is 0.0427. The zero-order chi connectivity index (χ0) is 19.0. The van der Waals surface area contributed by atoms with Crippen LogP contribution in [0.15, 0.2) is 22.1 Å². The van der Waals surface area contributed by atoms with Gasteiger partial charge in [0.05, 0.1) is 0 Å². The third kappa shape index (κ3) is 8.15. The molecule has 1 atom stereocenters. The van der Waals surface area contributed by atoms with Crippen molar-refractivity contribution in [2.24, 2.45) is 27.4 Å².